The largest absolute Gasteiger partial charge is 0.310 e. The van der Waals surface area contributed by atoms with Crippen molar-refractivity contribution >= 4 is 11.6 Å². The SMILES string of the molecule is CCCCCCCCCCC(CCCCCCCCCC)NCc1ccc(Cl)cc1. The molecule has 1 N–H and O–H groups in total. The van der Waals surface area contributed by atoms with Gasteiger partial charge in [0.25, 0.3) is 0 Å². The van der Waals surface area contributed by atoms with Crippen molar-refractivity contribution < 1.29 is 0 Å². The molecule has 0 heterocycles. The van der Waals surface area contributed by atoms with Crippen molar-refractivity contribution in [1.29, 1.82) is 0 Å². The summed E-state index contributed by atoms with van der Waals surface area (Å²) in [4.78, 5) is 0. The lowest BCUT2D eigenvalue weighted by Crippen LogP contribution is -2.28. The van der Waals surface area contributed by atoms with Crippen molar-refractivity contribution in [2.45, 2.75) is 142 Å². The van der Waals surface area contributed by atoms with Crippen molar-refractivity contribution in [2.75, 3.05) is 0 Å². The van der Waals surface area contributed by atoms with E-state index in [2.05, 4.69) is 31.3 Å². The molecule has 1 rings (SSSR count). The van der Waals surface area contributed by atoms with Gasteiger partial charge in [0, 0.05) is 17.6 Å². The second-order valence-corrected chi connectivity index (χ2v) is 9.67. The number of hydrogen-bond donors (Lipinski definition) is 1. The maximum absolute atomic E-state index is 6.03. The lowest BCUT2D eigenvalue weighted by molar-refractivity contribution is 0.410. The molecule has 0 spiro atoms. The third-order valence-corrected chi connectivity index (χ3v) is 6.57. The van der Waals surface area contributed by atoms with Crippen LogP contribution in [0, 0.1) is 0 Å². The Morgan fingerprint density at radius 1 is 0.600 bits per heavy atom. The van der Waals surface area contributed by atoms with Crippen LogP contribution in [0.4, 0.5) is 0 Å². The maximum atomic E-state index is 6.03. The van der Waals surface area contributed by atoms with E-state index >= 15 is 0 Å². The molecule has 0 saturated heterocycles. The van der Waals surface area contributed by atoms with Crippen molar-refractivity contribution in [2.24, 2.45) is 0 Å². The van der Waals surface area contributed by atoms with Crippen LogP contribution >= 0.6 is 11.6 Å². The molecule has 0 aliphatic carbocycles. The summed E-state index contributed by atoms with van der Waals surface area (Å²) in [5.74, 6) is 0. The Hall–Kier alpha value is -0.530. The Kier molecular flexibility index (Phi) is 18.7. The van der Waals surface area contributed by atoms with Crippen molar-refractivity contribution in [3.63, 3.8) is 0 Å². The zero-order valence-electron chi connectivity index (χ0n) is 20.2. The molecule has 0 amide bonds. The Bertz CT molecular complexity index is 450. The van der Waals surface area contributed by atoms with Crippen molar-refractivity contribution in [3.8, 4) is 0 Å². The first-order valence-corrected chi connectivity index (χ1v) is 13.6. The fourth-order valence-electron chi connectivity index (χ4n) is 4.26. The van der Waals surface area contributed by atoms with Gasteiger partial charge < -0.3 is 5.32 Å². The summed E-state index contributed by atoms with van der Waals surface area (Å²) in [5.41, 5.74) is 1.34. The fraction of sp³-hybridized carbons (Fsp3) is 0.786. The van der Waals surface area contributed by atoms with Crippen molar-refractivity contribution in [1.82, 2.24) is 5.32 Å². The lowest BCUT2D eigenvalue weighted by Gasteiger charge is -2.19. The molecule has 0 aromatic heterocycles. The molecule has 30 heavy (non-hydrogen) atoms. The van der Waals surface area contributed by atoms with Crippen LogP contribution in [0.5, 0.6) is 0 Å². The van der Waals surface area contributed by atoms with Crippen LogP contribution in [-0.4, -0.2) is 6.04 Å². The molecule has 0 aliphatic heterocycles. The second-order valence-electron chi connectivity index (χ2n) is 9.23. The molecular formula is C28H50ClN. The van der Waals surface area contributed by atoms with Crippen molar-refractivity contribution in [3.05, 3.63) is 34.9 Å². The van der Waals surface area contributed by atoms with E-state index in [9.17, 15) is 0 Å². The summed E-state index contributed by atoms with van der Waals surface area (Å²) in [7, 11) is 0. The summed E-state index contributed by atoms with van der Waals surface area (Å²) in [6.07, 6.45) is 25.2. The predicted octanol–water partition coefficient (Wildman–Crippen LogP) is 9.86. The molecule has 174 valence electrons. The zero-order chi connectivity index (χ0) is 21.7. The highest BCUT2D eigenvalue weighted by Gasteiger charge is 2.08. The first-order valence-electron chi connectivity index (χ1n) is 13.2. The Morgan fingerprint density at radius 3 is 1.43 bits per heavy atom. The van der Waals surface area contributed by atoms with E-state index < -0.39 is 0 Å². The minimum absolute atomic E-state index is 0.667. The van der Waals surface area contributed by atoms with Crippen LogP contribution in [0.1, 0.15) is 135 Å². The highest BCUT2D eigenvalue weighted by atomic mass is 35.5. The van der Waals surface area contributed by atoms with E-state index in [1.54, 1.807) is 0 Å². The quantitative estimate of drug-likeness (QED) is 0.189. The van der Waals surface area contributed by atoms with E-state index in [1.807, 2.05) is 12.1 Å². The van der Waals surface area contributed by atoms with Crippen LogP contribution in [-0.2, 0) is 6.54 Å². The van der Waals surface area contributed by atoms with Gasteiger partial charge in [-0.1, -0.05) is 140 Å². The minimum atomic E-state index is 0.667. The molecular weight excluding hydrogens is 386 g/mol. The van der Waals surface area contributed by atoms with Gasteiger partial charge in [0.05, 0.1) is 0 Å². The highest BCUT2D eigenvalue weighted by molar-refractivity contribution is 6.30. The zero-order valence-corrected chi connectivity index (χ0v) is 21.0. The van der Waals surface area contributed by atoms with Crippen LogP contribution in [0.25, 0.3) is 0 Å². The molecule has 0 atom stereocenters. The molecule has 2 heteroatoms. The molecule has 0 aliphatic rings. The molecule has 1 aromatic carbocycles. The van der Waals surface area contributed by atoms with E-state index in [0.29, 0.717) is 6.04 Å². The normalized spacial score (nSPS) is 11.5. The molecule has 0 saturated carbocycles. The first kappa shape index (κ1) is 27.5. The molecule has 0 bridgehead atoms. The monoisotopic (exact) mass is 435 g/mol. The maximum Gasteiger partial charge on any atom is 0.0406 e. The predicted molar refractivity (Wildman–Crippen MR) is 137 cm³/mol. The average Bonchev–Trinajstić information content (AvgIpc) is 2.76. The number of rotatable bonds is 21. The van der Waals surface area contributed by atoms with Crippen LogP contribution < -0.4 is 5.32 Å². The number of nitrogens with one attached hydrogen (secondary N) is 1. The summed E-state index contributed by atoms with van der Waals surface area (Å²) < 4.78 is 0. The van der Waals surface area contributed by atoms with Crippen LogP contribution in [0.15, 0.2) is 24.3 Å². The third-order valence-electron chi connectivity index (χ3n) is 6.32. The molecule has 0 unspecified atom stereocenters. The van der Waals surface area contributed by atoms with Gasteiger partial charge in [0.2, 0.25) is 0 Å². The summed E-state index contributed by atoms with van der Waals surface area (Å²) >= 11 is 6.03. The second kappa shape index (κ2) is 20.4. The molecule has 1 aromatic rings. The lowest BCUT2D eigenvalue weighted by atomic mass is 9.99. The van der Waals surface area contributed by atoms with E-state index in [4.69, 9.17) is 11.6 Å². The topological polar surface area (TPSA) is 12.0 Å². The Morgan fingerprint density at radius 2 is 1.00 bits per heavy atom. The minimum Gasteiger partial charge on any atom is -0.310 e. The van der Waals surface area contributed by atoms with Gasteiger partial charge in [-0.15, -0.1) is 0 Å². The molecule has 0 radical (unpaired) electrons. The summed E-state index contributed by atoms with van der Waals surface area (Å²) in [6, 6.07) is 8.98. The van der Waals surface area contributed by atoms with E-state index in [1.165, 1.54) is 121 Å². The fourth-order valence-corrected chi connectivity index (χ4v) is 4.39. The first-order chi connectivity index (χ1) is 14.8. The van der Waals surface area contributed by atoms with Gasteiger partial charge in [0.15, 0.2) is 0 Å². The highest BCUT2D eigenvalue weighted by Crippen LogP contribution is 2.16. The summed E-state index contributed by atoms with van der Waals surface area (Å²) in [6.45, 7) is 5.56. The Balaban J connectivity index is 2.22. The van der Waals surface area contributed by atoms with Gasteiger partial charge in [-0.25, -0.2) is 0 Å². The van der Waals surface area contributed by atoms with E-state index in [-0.39, 0.29) is 0 Å². The number of unbranched alkanes of at least 4 members (excludes halogenated alkanes) is 14. The summed E-state index contributed by atoms with van der Waals surface area (Å²) in [5, 5.41) is 4.68. The standard InChI is InChI=1S/C28H50ClN/c1-3-5-7-9-11-13-15-17-19-28(20-18-16-14-12-10-8-6-4-2)30-25-26-21-23-27(29)24-22-26/h21-24,28,30H,3-20,25H2,1-2H3. The van der Waals surface area contributed by atoms with Gasteiger partial charge in [-0.2, -0.15) is 0 Å². The third kappa shape index (κ3) is 16.2. The van der Waals surface area contributed by atoms with Crippen LogP contribution in [0.2, 0.25) is 5.02 Å². The average molecular weight is 436 g/mol. The number of benzene rings is 1. The van der Waals surface area contributed by atoms with Gasteiger partial charge in [-0.05, 0) is 30.5 Å². The Labute approximate surface area is 193 Å². The number of halogens is 1. The van der Waals surface area contributed by atoms with Crippen LogP contribution in [0.3, 0.4) is 0 Å². The van der Waals surface area contributed by atoms with E-state index in [0.717, 1.165) is 11.6 Å². The molecule has 1 nitrogen and oxygen atoms in total. The van der Waals surface area contributed by atoms with Gasteiger partial charge in [-0.3, -0.25) is 0 Å². The smallest absolute Gasteiger partial charge is 0.0406 e. The van der Waals surface area contributed by atoms with Gasteiger partial charge in [0.1, 0.15) is 0 Å². The number of hydrogen-bond acceptors (Lipinski definition) is 1. The van der Waals surface area contributed by atoms with Gasteiger partial charge >= 0.3 is 0 Å². The molecule has 0 fully saturated rings.